The Hall–Kier alpha value is -5.39. The molecule has 264 valence electrons. The molecular weight excluding hydrogens is 662 g/mol. The van der Waals surface area contributed by atoms with E-state index in [2.05, 4.69) is 31.4 Å². The molecule has 8 nitrogen and oxygen atoms in total. The van der Waals surface area contributed by atoms with Gasteiger partial charge < -0.3 is 9.47 Å². The van der Waals surface area contributed by atoms with Crippen LogP contribution in [0.25, 0.3) is 0 Å². The number of hydrazine groups is 1. The number of rotatable bonds is 8. The number of esters is 1. The number of amides is 2. The Morgan fingerprint density at radius 1 is 0.863 bits per heavy atom. The molecule has 1 aliphatic rings. The van der Waals surface area contributed by atoms with Crippen LogP contribution in [0.3, 0.4) is 0 Å². The highest BCUT2D eigenvalue weighted by Gasteiger charge is 2.61. The lowest BCUT2D eigenvalue weighted by atomic mass is 10.1. The van der Waals surface area contributed by atoms with Crippen LogP contribution in [-0.2, 0) is 9.53 Å². The van der Waals surface area contributed by atoms with E-state index in [1.54, 1.807) is 66.7 Å². The number of halogens is 1. The summed E-state index contributed by atoms with van der Waals surface area (Å²) >= 11 is 5.83. The maximum atomic E-state index is 12.7. The normalized spacial score (nSPS) is 16.1. The van der Waals surface area contributed by atoms with Gasteiger partial charge in [0.1, 0.15) is 17.6 Å². The van der Waals surface area contributed by atoms with E-state index in [-0.39, 0.29) is 35.0 Å². The first-order valence-corrected chi connectivity index (χ1v) is 17.0. The quantitative estimate of drug-likeness (QED) is 0.111. The van der Waals surface area contributed by atoms with Gasteiger partial charge in [-0.15, -0.1) is 0 Å². The van der Waals surface area contributed by atoms with Gasteiger partial charge >= 0.3 is 5.97 Å². The lowest BCUT2D eigenvalue weighted by Crippen LogP contribution is -2.55. The van der Waals surface area contributed by atoms with Gasteiger partial charge in [0, 0.05) is 21.7 Å². The van der Waals surface area contributed by atoms with E-state index in [4.69, 9.17) is 21.1 Å². The molecule has 5 rings (SSSR count). The van der Waals surface area contributed by atoms with E-state index >= 15 is 0 Å². The van der Waals surface area contributed by atoms with Crippen molar-refractivity contribution in [1.29, 1.82) is 5.26 Å². The third-order valence-electron chi connectivity index (χ3n) is 8.38. The molecule has 1 saturated carbocycles. The van der Waals surface area contributed by atoms with Crippen molar-refractivity contribution in [2.45, 2.75) is 60.1 Å². The predicted octanol–water partition coefficient (Wildman–Crippen LogP) is 9.75. The summed E-state index contributed by atoms with van der Waals surface area (Å²) in [6, 6.07) is 33.9. The smallest absolute Gasteiger partial charge is 0.311 e. The zero-order chi connectivity index (χ0) is 37.3. The molecule has 0 radical (unpaired) electrons. The molecule has 4 aromatic rings. The van der Waals surface area contributed by atoms with Gasteiger partial charge in [0.25, 0.3) is 11.8 Å². The Morgan fingerprint density at radius 3 is 2.02 bits per heavy atom. The summed E-state index contributed by atoms with van der Waals surface area (Å²) in [5.74, 6) is 0.275. The number of para-hydroxylation sites is 1. The van der Waals surface area contributed by atoms with Gasteiger partial charge in [-0.3, -0.25) is 19.8 Å². The second kappa shape index (κ2) is 16.5. The molecular formula is C42H44ClN3O5. The van der Waals surface area contributed by atoms with E-state index < -0.39 is 11.6 Å². The van der Waals surface area contributed by atoms with E-state index in [0.717, 1.165) is 0 Å². The topological polar surface area (TPSA) is 109 Å². The summed E-state index contributed by atoms with van der Waals surface area (Å²) in [6.45, 7) is 13.7. The lowest BCUT2D eigenvalue weighted by Gasteiger charge is -2.35. The van der Waals surface area contributed by atoms with Gasteiger partial charge in [0.2, 0.25) is 6.10 Å². The van der Waals surface area contributed by atoms with E-state index in [1.807, 2.05) is 77.1 Å². The van der Waals surface area contributed by atoms with Crippen molar-refractivity contribution < 1.29 is 23.9 Å². The first-order chi connectivity index (χ1) is 24.1. The maximum absolute atomic E-state index is 12.7. The zero-order valence-corrected chi connectivity index (χ0v) is 30.8. The van der Waals surface area contributed by atoms with E-state index in [9.17, 15) is 19.6 Å². The fourth-order valence-corrected chi connectivity index (χ4v) is 5.65. The number of nitrogens with one attached hydrogen (secondary N) is 1. The minimum Gasteiger partial charge on any atom is -0.457 e. The molecule has 3 atom stereocenters. The monoisotopic (exact) mass is 705 g/mol. The van der Waals surface area contributed by atoms with Crippen LogP contribution in [0, 0.1) is 28.6 Å². The van der Waals surface area contributed by atoms with Crippen molar-refractivity contribution in [3.63, 3.8) is 0 Å². The molecule has 1 fully saturated rings. The summed E-state index contributed by atoms with van der Waals surface area (Å²) in [6.07, 6.45) is 1.15. The molecule has 0 aromatic heterocycles. The first kappa shape index (κ1) is 38.4. The molecule has 1 N–H and O–H groups in total. The van der Waals surface area contributed by atoms with Crippen LogP contribution in [0.2, 0.25) is 5.02 Å². The number of allylic oxidation sites excluding steroid dienone is 2. The number of nitrogens with zero attached hydrogens (tertiary/aromatic N) is 2. The van der Waals surface area contributed by atoms with Crippen molar-refractivity contribution in [2.24, 2.45) is 17.3 Å². The predicted molar refractivity (Wildman–Crippen MR) is 199 cm³/mol. The molecule has 2 amide bonds. The van der Waals surface area contributed by atoms with Crippen LogP contribution in [0.4, 0.5) is 0 Å². The summed E-state index contributed by atoms with van der Waals surface area (Å²) in [7, 11) is 0. The van der Waals surface area contributed by atoms with Crippen molar-refractivity contribution >= 4 is 29.4 Å². The fraction of sp³-hybridized carbons (Fsp3) is 0.286. The molecule has 9 heteroatoms. The fourth-order valence-electron chi connectivity index (χ4n) is 5.52. The minimum absolute atomic E-state index is 0.146. The highest BCUT2D eigenvalue weighted by atomic mass is 35.5. The van der Waals surface area contributed by atoms with Crippen LogP contribution >= 0.6 is 11.6 Å². The zero-order valence-electron chi connectivity index (χ0n) is 30.0. The van der Waals surface area contributed by atoms with Crippen LogP contribution < -0.4 is 10.2 Å². The van der Waals surface area contributed by atoms with Gasteiger partial charge in [-0.05, 0) is 107 Å². The summed E-state index contributed by atoms with van der Waals surface area (Å²) in [4.78, 5) is 37.8. The molecule has 0 saturated heterocycles. The molecule has 3 unspecified atom stereocenters. The Bertz CT molecular complexity index is 1890. The molecule has 51 heavy (non-hydrogen) atoms. The van der Waals surface area contributed by atoms with Crippen molar-refractivity contribution in [3.8, 4) is 17.6 Å². The van der Waals surface area contributed by atoms with E-state index in [0.29, 0.717) is 33.2 Å². The largest absolute Gasteiger partial charge is 0.457 e. The Morgan fingerprint density at radius 2 is 1.45 bits per heavy atom. The molecule has 1 aliphatic carbocycles. The Labute approximate surface area is 305 Å². The van der Waals surface area contributed by atoms with Crippen LogP contribution in [0.1, 0.15) is 80.8 Å². The number of hydrogen-bond donors (Lipinski definition) is 1. The Balaban J connectivity index is 0.000000233. The van der Waals surface area contributed by atoms with Gasteiger partial charge in [-0.2, -0.15) is 5.26 Å². The third kappa shape index (κ3) is 10.3. The van der Waals surface area contributed by atoms with Gasteiger partial charge in [-0.1, -0.05) is 85.6 Å². The van der Waals surface area contributed by atoms with Crippen molar-refractivity contribution in [2.75, 3.05) is 0 Å². The van der Waals surface area contributed by atoms with Gasteiger partial charge in [0.05, 0.1) is 11.5 Å². The van der Waals surface area contributed by atoms with Crippen molar-refractivity contribution in [3.05, 3.63) is 143 Å². The summed E-state index contributed by atoms with van der Waals surface area (Å²) in [5, 5.41) is 11.5. The van der Waals surface area contributed by atoms with Gasteiger partial charge in [0.15, 0.2) is 0 Å². The maximum Gasteiger partial charge on any atom is 0.311 e. The highest BCUT2D eigenvalue weighted by Crippen LogP contribution is 2.60. The number of nitriles is 1. The van der Waals surface area contributed by atoms with Crippen LogP contribution in [0.15, 0.2) is 121 Å². The number of benzene rings is 4. The standard InChI is InChI=1S/C24H25NO3.C18H19ClN2O2/c1-16(2)13-20-22(24(20,3)4)23(26)28-21(15-25)17-9-8-12-19(14-17)27-18-10-6-5-7-11-18;1-18(2,3)21(17(23)14-7-5-4-6-8-14)20-16(22)13-9-11-15(19)12-10-13/h5-14,20-22H,1-4H3;4-12H,1-3H3,(H,20,22). The number of hydrogen-bond acceptors (Lipinski definition) is 6. The average molecular weight is 706 g/mol. The SMILES string of the molecule is CC(C)(C)N(NC(=O)c1ccc(Cl)cc1)C(=O)c1ccccc1.CC(C)=CC1C(C(=O)OC(C#N)c2cccc(Oc3ccccc3)c2)C1(C)C. The second-order valence-corrected chi connectivity index (χ2v) is 14.6. The number of carbonyl (C=O) groups excluding carboxylic acids is 3. The van der Waals surface area contributed by atoms with E-state index in [1.165, 1.54) is 10.6 Å². The molecule has 0 bridgehead atoms. The van der Waals surface area contributed by atoms with Crippen molar-refractivity contribution in [1.82, 2.24) is 10.4 Å². The minimum atomic E-state index is -0.962. The van der Waals surface area contributed by atoms with Gasteiger partial charge in [-0.25, -0.2) is 5.01 Å². The summed E-state index contributed by atoms with van der Waals surface area (Å²) < 4.78 is 11.4. The molecule has 0 heterocycles. The lowest BCUT2D eigenvalue weighted by molar-refractivity contribution is -0.149. The third-order valence-corrected chi connectivity index (χ3v) is 8.63. The number of carbonyl (C=O) groups is 3. The Kier molecular flexibility index (Phi) is 12.5. The molecule has 0 spiro atoms. The first-order valence-electron chi connectivity index (χ1n) is 16.7. The second-order valence-electron chi connectivity index (χ2n) is 14.1. The highest BCUT2D eigenvalue weighted by molar-refractivity contribution is 6.30. The summed E-state index contributed by atoms with van der Waals surface area (Å²) in [5.41, 5.74) is 4.70. The van der Waals surface area contributed by atoms with Crippen LogP contribution in [-0.4, -0.2) is 28.3 Å². The molecule has 4 aromatic carbocycles. The average Bonchev–Trinajstić information content (AvgIpc) is 3.64. The number of ether oxygens (including phenoxy) is 2. The molecule has 0 aliphatic heterocycles. The van der Waals surface area contributed by atoms with Crippen LogP contribution in [0.5, 0.6) is 11.5 Å².